The van der Waals surface area contributed by atoms with Gasteiger partial charge in [-0.25, -0.2) is 4.79 Å². The van der Waals surface area contributed by atoms with E-state index in [0.717, 1.165) is 27.9 Å². The van der Waals surface area contributed by atoms with Crippen LogP contribution in [0.1, 0.15) is 44.4 Å². The van der Waals surface area contributed by atoms with Crippen LogP contribution in [0.3, 0.4) is 0 Å². The van der Waals surface area contributed by atoms with Gasteiger partial charge in [-0.05, 0) is 58.4 Å². The Bertz CT molecular complexity index is 954. The van der Waals surface area contributed by atoms with E-state index in [9.17, 15) is 4.79 Å². The Labute approximate surface area is 165 Å². The van der Waals surface area contributed by atoms with Crippen LogP contribution < -0.4 is 15.5 Å². The Hall–Kier alpha value is -2.51. The summed E-state index contributed by atoms with van der Waals surface area (Å²) >= 11 is 0. The van der Waals surface area contributed by atoms with E-state index in [0.29, 0.717) is 17.9 Å². The summed E-state index contributed by atoms with van der Waals surface area (Å²) in [5.74, 6) is 1.47. The lowest BCUT2D eigenvalue weighted by Gasteiger charge is -2.32. The number of hydrogen-bond donors (Lipinski definition) is 2. The van der Waals surface area contributed by atoms with E-state index >= 15 is 0 Å². The predicted molar refractivity (Wildman–Crippen MR) is 108 cm³/mol. The van der Waals surface area contributed by atoms with Crippen LogP contribution in [0, 0.1) is 6.92 Å². The van der Waals surface area contributed by atoms with Crippen LogP contribution in [-0.2, 0) is 15.7 Å². The third kappa shape index (κ3) is 3.14. The van der Waals surface area contributed by atoms with Gasteiger partial charge < -0.3 is 19.2 Å². The maximum Gasteiger partial charge on any atom is 0.498 e. The summed E-state index contributed by atoms with van der Waals surface area (Å²) in [5.41, 5.74) is 3.60. The predicted octanol–water partition coefficient (Wildman–Crippen LogP) is 4.08. The molecule has 28 heavy (non-hydrogen) atoms. The molecule has 0 spiro atoms. The minimum atomic E-state index is -1.09. The molecule has 0 aliphatic carbocycles. The molecule has 0 radical (unpaired) electrons. The van der Waals surface area contributed by atoms with Crippen LogP contribution in [0.15, 0.2) is 30.3 Å². The molecule has 146 valence electrons. The van der Waals surface area contributed by atoms with Crippen molar-refractivity contribution >= 4 is 24.4 Å². The second-order valence-electron chi connectivity index (χ2n) is 8.46. The summed E-state index contributed by atoms with van der Waals surface area (Å²) in [5, 5.41) is 11.3. The smallest absolute Gasteiger partial charge is 0.465 e. The van der Waals surface area contributed by atoms with Gasteiger partial charge in [-0.1, -0.05) is 17.7 Å². The number of hydrogen-bond acceptors (Lipinski definition) is 4. The fourth-order valence-corrected chi connectivity index (χ4v) is 3.61. The van der Waals surface area contributed by atoms with Crippen molar-refractivity contribution in [3.05, 3.63) is 47.0 Å². The minimum absolute atomic E-state index is 0.432. The first-order chi connectivity index (χ1) is 13.1. The average Bonchev–Trinajstić information content (AvgIpc) is 2.79. The number of aryl methyl sites for hydroxylation is 1. The molecular formula is C21H24BNO5. The van der Waals surface area contributed by atoms with Gasteiger partial charge >= 0.3 is 13.2 Å². The lowest BCUT2D eigenvalue weighted by molar-refractivity contribution is 0.00578. The van der Waals surface area contributed by atoms with Gasteiger partial charge in [0.05, 0.1) is 11.2 Å². The normalized spacial score (nSPS) is 18.8. The molecule has 2 aliphatic rings. The first kappa shape index (κ1) is 18.8. The molecule has 6 nitrogen and oxygen atoms in total. The molecule has 1 saturated heterocycles. The van der Waals surface area contributed by atoms with Gasteiger partial charge in [-0.15, -0.1) is 0 Å². The van der Waals surface area contributed by atoms with E-state index in [1.54, 1.807) is 12.1 Å². The summed E-state index contributed by atoms with van der Waals surface area (Å²) in [6.45, 7) is 10.2. The highest BCUT2D eigenvalue weighted by Gasteiger charge is 2.52. The molecule has 7 heteroatoms. The molecule has 2 aromatic carbocycles. The molecular weight excluding hydrogens is 357 g/mol. The molecule has 2 N–H and O–H groups in total. The van der Waals surface area contributed by atoms with Gasteiger partial charge in [-0.3, -0.25) is 5.32 Å². The summed E-state index contributed by atoms with van der Waals surface area (Å²) in [4.78, 5) is 10.9. The summed E-state index contributed by atoms with van der Waals surface area (Å²) in [6.07, 6.45) is -0.440. The Balaban J connectivity index is 1.71. The van der Waals surface area contributed by atoms with Crippen molar-refractivity contribution < 1.29 is 23.9 Å². The Morgan fingerprint density at radius 2 is 1.75 bits per heavy atom. The van der Waals surface area contributed by atoms with Crippen molar-refractivity contribution in [3.63, 3.8) is 0 Å². The first-order valence-corrected chi connectivity index (χ1v) is 9.35. The molecule has 2 aliphatic heterocycles. The largest absolute Gasteiger partial charge is 0.498 e. The number of fused-ring (bicyclic) bond motifs is 2. The third-order valence-corrected chi connectivity index (χ3v) is 5.75. The van der Waals surface area contributed by atoms with Crippen molar-refractivity contribution in [2.75, 3.05) is 5.32 Å². The number of ether oxygens (including phenoxy) is 1. The number of carbonyl (C=O) groups is 1. The zero-order valence-corrected chi connectivity index (χ0v) is 16.8. The Morgan fingerprint density at radius 1 is 1.07 bits per heavy atom. The van der Waals surface area contributed by atoms with E-state index in [1.807, 2.05) is 46.8 Å². The fourth-order valence-electron chi connectivity index (χ4n) is 3.61. The monoisotopic (exact) mass is 381 g/mol. The molecule has 1 amide bonds. The van der Waals surface area contributed by atoms with Crippen molar-refractivity contribution in [1.29, 1.82) is 0 Å². The standard InChI is InChI=1S/C21H24BNO5/c1-12-8-14-10-13-11-15(23-19(24)25)6-7-17(13)26-18(14)16(9-12)22-27-20(2,3)21(4,5)28-22/h6-9,11,23H,10H2,1-5H3,(H,24,25). The van der Waals surface area contributed by atoms with Gasteiger partial charge in [0, 0.05) is 23.1 Å². The quantitative estimate of drug-likeness (QED) is 0.654. The molecule has 0 aromatic heterocycles. The highest BCUT2D eigenvalue weighted by molar-refractivity contribution is 6.63. The number of anilines is 1. The molecule has 0 atom stereocenters. The van der Waals surface area contributed by atoms with Crippen LogP contribution in [0.5, 0.6) is 11.5 Å². The third-order valence-electron chi connectivity index (χ3n) is 5.75. The van der Waals surface area contributed by atoms with E-state index in [4.69, 9.17) is 19.2 Å². The second kappa shape index (κ2) is 6.25. The second-order valence-corrected chi connectivity index (χ2v) is 8.46. The molecule has 0 bridgehead atoms. The molecule has 2 aromatic rings. The Kier molecular flexibility index (Phi) is 4.21. The number of carboxylic acid groups (broad SMARTS) is 1. The van der Waals surface area contributed by atoms with E-state index in [2.05, 4.69) is 11.4 Å². The highest BCUT2D eigenvalue weighted by Crippen LogP contribution is 2.41. The molecule has 0 unspecified atom stereocenters. The van der Waals surface area contributed by atoms with Crippen LogP contribution in [0.2, 0.25) is 0 Å². The van der Waals surface area contributed by atoms with Crippen LogP contribution in [-0.4, -0.2) is 29.5 Å². The van der Waals surface area contributed by atoms with Crippen LogP contribution >= 0.6 is 0 Å². The SMILES string of the molecule is Cc1cc2c(c(B3OC(C)(C)C(C)(C)O3)c1)Oc1ccc(NC(=O)O)cc1C2. The lowest BCUT2D eigenvalue weighted by atomic mass is 9.75. The van der Waals surface area contributed by atoms with Crippen LogP contribution in [0.25, 0.3) is 0 Å². The maximum absolute atomic E-state index is 10.9. The molecule has 2 heterocycles. The van der Waals surface area contributed by atoms with E-state index < -0.39 is 24.4 Å². The number of benzene rings is 2. The highest BCUT2D eigenvalue weighted by atomic mass is 16.7. The first-order valence-electron chi connectivity index (χ1n) is 9.35. The zero-order valence-electron chi connectivity index (χ0n) is 16.8. The molecule has 4 rings (SSSR count). The topological polar surface area (TPSA) is 77.0 Å². The van der Waals surface area contributed by atoms with Gasteiger partial charge in [0.1, 0.15) is 11.5 Å². The van der Waals surface area contributed by atoms with Crippen molar-refractivity contribution in [2.24, 2.45) is 0 Å². The van der Waals surface area contributed by atoms with Gasteiger partial charge in [0.15, 0.2) is 0 Å². The number of nitrogens with one attached hydrogen (secondary N) is 1. The van der Waals surface area contributed by atoms with Crippen molar-refractivity contribution in [1.82, 2.24) is 0 Å². The maximum atomic E-state index is 10.9. The summed E-state index contributed by atoms with van der Waals surface area (Å²) in [6, 6.07) is 9.43. The molecule has 1 fully saturated rings. The van der Waals surface area contributed by atoms with Gasteiger partial charge in [0.2, 0.25) is 0 Å². The van der Waals surface area contributed by atoms with Gasteiger partial charge in [0.25, 0.3) is 0 Å². The number of amides is 1. The van der Waals surface area contributed by atoms with Gasteiger partial charge in [-0.2, -0.15) is 0 Å². The molecule has 0 saturated carbocycles. The van der Waals surface area contributed by atoms with Crippen molar-refractivity contribution in [3.8, 4) is 11.5 Å². The van der Waals surface area contributed by atoms with E-state index in [-0.39, 0.29) is 0 Å². The minimum Gasteiger partial charge on any atom is -0.465 e. The van der Waals surface area contributed by atoms with Crippen molar-refractivity contribution in [2.45, 2.75) is 52.2 Å². The average molecular weight is 381 g/mol. The van der Waals surface area contributed by atoms with E-state index in [1.165, 1.54) is 0 Å². The Morgan fingerprint density at radius 3 is 2.39 bits per heavy atom. The van der Waals surface area contributed by atoms with Crippen LogP contribution in [0.4, 0.5) is 10.5 Å². The lowest BCUT2D eigenvalue weighted by Crippen LogP contribution is -2.41. The zero-order chi connectivity index (χ0) is 20.3. The number of rotatable bonds is 2. The fraction of sp³-hybridized carbons (Fsp3) is 0.381. The summed E-state index contributed by atoms with van der Waals surface area (Å²) in [7, 11) is -0.506. The summed E-state index contributed by atoms with van der Waals surface area (Å²) < 4.78 is 18.7.